The van der Waals surface area contributed by atoms with Gasteiger partial charge in [-0.05, 0) is 12.8 Å². The minimum atomic E-state index is -4.94. The zero-order valence-electron chi connectivity index (χ0n) is 10.0. The van der Waals surface area contributed by atoms with Gasteiger partial charge in [0, 0.05) is 19.3 Å². The molecular formula is C11H16F3N2O2+. The van der Waals surface area contributed by atoms with Gasteiger partial charge >= 0.3 is 12.1 Å². The van der Waals surface area contributed by atoms with Gasteiger partial charge in [-0.2, -0.15) is 13.2 Å². The lowest BCUT2D eigenvalue weighted by atomic mass is 10.2. The lowest BCUT2D eigenvalue weighted by Gasteiger charge is -2.35. The van der Waals surface area contributed by atoms with Crippen molar-refractivity contribution in [2.75, 3.05) is 19.6 Å². The highest BCUT2D eigenvalue weighted by Gasteiger charge is 2.50. The molecule has 0 N–H and O–H groups in total. The number of amidine groups is 1. The average Bonchev–Trinajstić information content (AvgIpc) is 2.49. The van der Waals surface area contributed by atoms with Gasteiger partial charge in [0.1, 0.15) is 13.1 Å². The first kappa shape index (κ1) is 13.3. The van der Waals surface area contributed by atoms with Gasteiger partial charge < -0.3 is 0 Å². The van der Waals surface area contributed by atoms with E-state index in [9.17, 15) is 18.0 Å². The van der Waals surface area contributed by atoms with Crippen molar-refractivity contribution in [3.8, 4) is 0 Å². The van der Waals surface area contributed by atoms with Gasteiger partial charge in [-0.3, -0.25) is 4.84 Å². The van der Waals surface area contributed by atoms with Crippen LogP contribution in [-0.2, 0) is 9.63 Å². The Morgan fingerprint density at radius 3 is 2.61 bits per heavy atom. The van der Waals surface area contributed by atoms with Crippen LogP contribution in [0.15, 0.2) is 4.99 Å². The van der Waals surface area contributed by atoms with E-state index in [0.717, 1.165) is 19.3 Å². The summed E-state index contributed by atoms with van der Waals surface area (Å²) < 4.78 is 36.7. The Bertz CT molecular complexity index is 368. The van der Waals surface area contributed by atoms with Gasteiger partial charge in [0.05, 0.1) is 6.54 Å². The molecule has 0 aromatic carbocycles. The van der Waals surface area contributed by atoms with Crippen molar-refractivity contribution < 1.29 is 27.4 Å². The van der Waals surface area contributed by atoms with Crippen LogP contribution in [0.1, 0.15) is 32.1 Å². The van der Waals surface area contributed by atoms with Crippen molar-refractivity contribution in [3.05, 3.63) is 0 Å². The Balaban J connectivity index is 2.21. The lowest BCUT2D eigenvalue weighted by molar-refractivity contribution is -1.02. The second-order valence-corrected chi connectivity index (χ2v) is 4.68. The maximum Gasteiger partial charge on any atom is 0.497 e. The number of alkyl halides is 3. The van der Waals surface area contributed by atoms with Crippen molar-refractivity contribution in [3.63, 3.8) is 0 Å². The molecule has 2 rings (SSSR count). The largest absolute Gasteiger partial charge is 0.497 e. The van der Waals surface area contributed by atoms with Crippen molar-refractivity contribution in [2.24, 2.45) is 4.99 Å². The fraction of sp³-hybridized carbons (Fsp3) is 0.818. The molecule has 0 saturated carbocycles. The van der Waals surface area contributed by atoms with Crippen LogP contribution in [0.2, 0.25) is 0 Å². The highest BCUT2D eigenvalue weighted by atomic mass is 19.4. The molecule has 1 fully saturated rings. The predicted molar refractivity (Wildman–Crippen MR) is 57.5 cm³/mol. The molecule has 0 aliphatic carbocycles. The maximum absolute atomic E-state index is 12.3. The average molecular weight is 265 g/mol. The molecule has 0 spiro atoms. The molecule has 0 radical (unpaired) electrons. The summed E-state index contributed by atoms with van der Waals surface area (Å²) in [5.74, 6) is -1.52. The van der Waals surface area contributed by atoms with Crippen LogP contribution in [-0.4, -0.2) is 42.3 Å². The summed E-state index contributed by atoms with van der Waals surface area (Å²) in [5, 5.41) is 0. The highest BCUT2D eigenvalue weighted by molar-refractivity contribution is 5.79. The summed E-state index contributed by atoms with van der Waals surface area (Å²) >= 11 is 0. The number of halogens is 3. The number of hydrogen-bond acceptors (Lipinski definition) is 3. The molecular weight excluding hydrogens is 249 g/mol. The number of carbonyl (C=O) groups is 1. The third kappa shape index (κ3) is 2.66. The third-order valence-electron chi connectivity index (χ3n) is 3.35. The first-order chi connectivity index (χ1) is 8.44. The van der Waals surface area contributed by atoms with Crippen LogP contribution in [0.4, 0.5) is 13.2 Å². The molecule has 102 valence electrons. The predicted octanol–water partition coefficient (Wildman–Crippen LogP) is 2.20. The summed E-state index contributed by atoms with van der Waals surface area (Å²) in [4.78, 5) is 20.1. The van der Waals surface area contributed by atoms with E-state index in [4.69, 9.17) is 4.84 Å². The minimum absolute atomic E-state index is 0.335. The van der Waals surface area contributed by atoms with Crippen molar-refractivity contribution in [2.45, 2.75) is 38.3 Å². The molecule has 2 aliphatic heterocycles. The third-order valence-corrected chi connectivity index (χ3v) is 3.35. The SMILES string of the molecule is O=C(O[N+]12CCCCCC1=NCCC2)C(F)(F)F. The van der Waals surface area contributed by atoms with E-state index in [0.29, 0.717) is 38.3 Å². The van der Waals surface area contributed by atoms with Crippen LogP contribution < -0.4 is 0 Å². The monoisotopic (exact) mass is 265 g/mol. The molecule has 1 atom stereocenters. The molecule has 0 aromatic heterocycles. The number of aliphatic imine (C=N–C) groups is 1. The first-order valence-corrected chi connectivity index (χ1v) is 6.16. The lowest BCUT2D eigenvalue weighted by Crippen LogP contribution is -2.57. The zero-order valence-corrected chi connectivity index (χ0v) is 10.0. The number of carbonyl (C=O) groups excluding carboxylic acids is 1. The Hall–Kier alpha value is -1.11. The van der Waals surface area contributed by atoms with E-state index in [2.05, 4.69) is 4.99 Å². The second kappa shape index (κ2) is 4.87. The first-order valence-electron chi connectivity index (χ1n) is 6.16. The van der Waals surface area contributed by atoms with Gasteiger partial charge in [-0.25, -0.2) is 9.79 Å². The van der Waals surface area contributed by atoms with Crippen molar-refractivity contribution in [1.29, 1.82) is 0 Å². The maximum atomic E-state index is 12.3. The minimum Gasteiger partial charge on any atom is -0.260 e. The quantitative estimate of drug-likeness (QED) is 0.682. The van der Waals surface area contributed by atoms with Crippen LogP contribution >= 0.6 is 0 Å². The number of hydrogen-bond donors (Lipinski definition) is 0. The van der Waals surface area contributed by atoms with Crippen molar-refractivity contribution in [1.82, 2.24) is 0 Å². The van der Waals surface area contributed by atoms with E-state index in [1.54, 1.807) is 0 Å². The Morgan fingerprint density at radius 2 is 1.89 bits per heavy atom. The second-order valence-electron chi connectivity index (χ2n) is 4.68. The topological polar surface area (TPSA) is 38.7 Å². The fourth-order valence-corrected chi connectivity index (χ4v) is 2.50. The smallest absolute Gasteiger partial charge is 0.260 e. The molecule has 4 nitrogen and oxygen atoms in total. The van der Waals surface area contributed by atoms with Gasteiger partial charge in [-0.1, -0.05) is 4.65 Å². The Kier molecular flexibility index (Phi) is 3.61. The summed E-state index contributed by atoms with van der Waals surface area (Å²) in [5.41, 5.74) is 0. The zero-order chi connectivity index (χ0) is 13.2. The van der Waals surface area contributed by atoms with Crippen LogP contribution in [0, 0.1) is 0 Å². The van der Waals surface area contributed by atoms with Gasteiger partial charge in [0.2, 0.25) is 5.84 Å². The molecule has 0 aromatic rings. The molecule has 0 amide bonds. The number of quaternary nitrogens is 1. The number of nitrogens with zero attached hydrogens (tertiary/aromatic N) is 2. The van der Waals surface area contributed by atoms with Crippen molar-refractivity contribution >= 4 is 11.8 Å². The van der Waals surface area contributed by atoms with Gasteiger partial charge in [-0.15, -0.1) is 0 Å². The summed E-state index contributed by atoms with van der Waals surface area (Å²) in [6, 6.07) is 0. The summed E-state index contributed by atoms with van der Waals surface area (Å²) in [6.07, 6.45) is -1.10. The number of hydroxylamine groups is 3. The summed E-state index contributed by atoms with van der Waals surface area (Å²) in [6.45, 7) is 1.42. The van der Waals surface area contributed by atoms with E-state index >= 15 is 0 Å². The normalized spacial score (nSPS) is 28.9. The molecule has 1 unspecified atom stereocenters. The molecule has 7 heteroatoms. The van der Waals surface area contributed by atoms with E-state index < -0.39 is 12.1 Å². The molecule has 2 heterocycles. The van der Waals surface area contributed by atoms with Crippen LogP contribution in [0.5, 0.6) is 0 Å². The van der Waals surface area contributed by atoms with E-state index in [1.807, 2.05) is 0 Å². The standard InChI is InChI=1S/C11H16F3N2O2/c12-11(13,14)10(17)18-16-7-3-1-2-5-9(16)15-6-4-8-16/h1-8H2/q+1. The Morgan fingerprint density at radius 1 is 1.17 bits per heavy atom. The van der Waals surface area contributed by atoms with Gasteiger partial charge in [0.15, 0.2) is 0 Å². The van der Waals surface area contributed by atoms with Gasteiger partial charge in [0.25, 0.3) is 0 Å². The van der Waals surface area contributed by atoms with E-state index in [1.165, 1.54) is 0 Å². The summed E-state index contributed by atoms with van der Waals surface area (Å²) in [7, 11) is 0. The number of rotatable bonds is 1. The number of fused-ring (bicyclic) bond motifs is 1. The molecule has 18 heavy (non-hydrogen) atoms. The molecule has 1 saturated heterocycles. The van der Waals surface area contributed by atoms with Crippen LogP contribution in [0.25, 0.3) is 0 Å². The highest BCUT2D eigenvalue weighted by Crippen LogP contribution is 2.28. The van der Waals surface area contributed by atoms with Crippen LogP contribution in [0.3, 0.4) is 0 Å². The molecule has 2 aliphatic rings. The van der Waals surface area contributed by atoms with E-state index in [-0.39, 0.29) is 4.65 Å². The Labute approximate surface area is 103 Å². The molecule has 0 bridgehead atoms. The fourth-order valence-electron chi connectivity index (χ4n) is 2.50.